The highest BCUT2D eigenvalue weighted by atomic mass is 16.5. The van der Waals surface area contributed by atoms with Crippen LogP contribution < -0.4 is 15.4 Å². The van der Waals surface area contributed by atoms with Crippen LogP contribution in [0.5, 0.6) is 6.01 Å². The van der Waals surface area contributed by atoms with Gasteiger partial charge in [0.25, 0.3) is 0 Å². The zero-order valence-corrected chi connectivity index (χ0v) is 11.3. The lowest BCUT2D eigenvalue weighted by atomic mass is 9.89. The minimum atomic E-state index is 0.202. The SMILES string of the molecule is CC1CCC(Oc2nc(N)nc(N(C)C)n2)CC1. The van der Waals surface area contributed by atoms with E-state index >= 15 is 0 Å². The summed E-state index contributed by atoms with van der Waals surface area (Å²) in [5.74, 6) is 1.53. The molecule has 0 spiro atoms. The number of aromatic nitrogens is 3. The first kappa shape index (κ1) is 12.9. The van der Waals surface area contributed by atoms with Gasteiger partial charge in [-0.25, -0.2) is 0 Å². The fraction of sp³-hybridized carbons (Fsp3) is 0.750. The van der Waals surface area contributed by atoms with Gasteiger partial charge < -0.3 is 15.4 Å². The number of anilines is 2. The predicted molar refractivity (Wildman–Crippen MR) is 70.6 cm³/mol. The van der Waals surface area contributed by atoms with E-state index in [1.807, 2.05) is 14.1 Å². The smallest absolute Gasteiger partial charge is 0.323 e. The molecule has 0 saturated heterocycles. The lowest BCUT2D eigenvalue weighted by molar-refractivity contribution is 0.124. The first-order valence-corrected chi connectivity index (χ1v) is 6.40. The van der Waals surface area contributed by atoms with Gasteiger partial charge in [-0.3, -0.25) is 0 Å². The van der Waals surface area contributed by atoms with Gasteiger partial charge in [0.05, 0.1) is 0 Å². The van der Waals surface area contributed by atoms with Crippen molar-refractivity contribution in [2.45, 2.75) is 38.7 Å². The molecule has 0 aromatic carbocycles. The molecule has 0 bridgehead atoms. The Morgan fingerprint density at radius 2 is 1.78 bits per heavy atom. The minimum Gasteiger partial charge on any atom is -0.460 e. The van der Waals surface area contributed by atoms with Gasteiger partial charge >= 0.3 is 6.01 Å². The van der Waals surface area contributed by atoms with Crippen LogP contribution in [-0.2, 0) is 0 Å². The van der Waals surface area contributed by atoms with E-state index in [0.717, 1.165) is 18.8 Å². The fourth-order valence-corrected chi connectivity index (χ4v) is 2.11. The zero-order chi connectivity index (χ0) is 13.1. The van der Waals surface area contributed by atoms with Gasteiger partial charge in [-0.05, 0) is 31.6 Å². The van der Waals surface area contributed by atoms with Crippen molar-refractivity contribution in [2.75, 3.05) is 24.7 Å². The fourth-order valence-electron chi connectivity index (χ4n) is 2.11. The standard InChI is InChI=1S/C12H21N5O/c1-8-4-6-9(7-5-8)18-12-15-10(13)14-11(16-12)17(2)3/h8-9H,4-7H2,1-3H3,(H2,13,14,15,16). The van der Waals surface area contributed by atoms with Gasteiger partial charge in [0.2, 0.25) is 11.9 Å². The highest BCUT2D eigenvalue weighted by Crippen LogP contribution is 2.26. The monoisotopic (exact) mass is 251 g/mol. The van der Waals surface area contributed by atoms with Crippen molar-refractivity contribution < 1.29 is 4.74 Å². The molecule has 0 radical (unpaired) electrons. The number of hydrogen-bond acceptors (Lipinski definition) is 6. The van der Waals surface area contributed by atoms with Gasteiger partial charge in [-0.15, -0.1) is 0 Å². The number of rotatable bonds is 3. The summed E-state index contributed by atoms with van der Waals surface area (Å²) in [6.45, 7) is 2.28. The second-order valence-corrected chi connectivity index (χ2v) is 5.17. The van der Waals surface area contributed by atoms with E-state index in [9.17, 15) is 0 Å². The Morgan fingerprint density at radius 3 is 2.39 bits per heavy atom. The van der Waals surface area contributed by atoms with Crippen LogP contribution in [0.15, 0.2) is 0 Å². The van der Waals surface area contributed by atoms with Crippen molar-refractivity contribution in [3.05, 3.63) is 0 Å². The average Bonchev–Trinajstić information content (AvgIpc) is 2.31. The Morgan fingerprint density at radius 1 is 1.11 bits per heavy atom. The van der Waals surface area contributed by atoms with Crippen LogP contribution in [0.1, 0.15) is 32.6 Å². The molecule has 0 amide bonds. The number of hydrogen-bond donors (Lipinski definition) is 1. The largest absolute Gasteiger partial charge is 0.460 e. The second kappa shape index (κ2) is 5.37. The number of nitrogens with zero attached hydrogens (tertiary/aromatic N) is 4. The quantitative estimate of drug-likeness (QED) is 0.876. The lowest BCUT2D eigenvalue weighted by Gasteiger charge is -2.26. The van der Waals surface area contributed by atoms with E-state index in [1.54, 1.807) is 4.90 Å². The van der Waals surface area contributed by atoms with Crippen LogP contribution in [0, 0.1) is 5.92 Å². The predicted octanol–water partition coefficient (Wildman–Crippen LogP) is 1.48. The third-order valence-corrected chi connectivity index (χ3v) is 3.26. The minimum absolute atomic E-state index is 0.202. The highest BCUT2D eigenvalue weighted by molar-refractivity contribution is 5.33. The topological polar surface area (TPSA) is 77.2 Å². The summed E-state index contributed by atoms with van der Waals surface area (Å²) in [6, 6.07) is 0.339. The molecule has 1 heterocycles. The summed E-state index contributed by atoms with van der Waals surface area (Å²) in [5, 5.41) is 0. The van der Waals surface area contributed by atoms with Gasteiger partial charge in [-0.2, -0.15) is 15.0 Å². The third-order valence-electron chi connectivity index (χ3n) is 3.26. The van der Waals surface area contributed by atoms with E-state index in [4.69, 9.17) is 10.5 Å². The number of nitrogens with two attached hydrogens (primary N) is 1. The molecule has 1 aromatic rings. The van der Waals surface area contributed by atoms with Gasteiger partial charge in [0.15, 0.2) is 0 Å². The molecule has 1 saturated carbocycles. The van der Waals surface area contributed by atoms with E-state index in [0.29, 0.717) is 12.0 Å². The summed E-state index contributed by atoms with van der Waals surface area (Å²) in [6.07, 6.45) is 4.73. The molecule has 2 N–H and O–H groups in total. The maximum atomic E-state index is 5.81. The summed E-state index contributed by atoms with van der Waals surface area (Å²) in [7, 11) is 3.72. The van der Waals surface area contributed by atoms with Crippen LogP contribution in [0.25, 0.3) is 0 Å². The Hall–Kier alpha value is -1.59. The molecule has 6 nitrogen and oxygen atoms in total. The van der Waals surface area contributed by atoms with Crippen LogP contribution in [-0.4, -0.2) is 35.2 Å². The first-order chi connectivity index (χ1) is 8.54. The van der Waals surface area contributed by atoms with Crippen molar-refractivity contribution in [3.8, 4) is 6.01 Å². The molecule has 1 aromatic heterocycles. The number of nitrogen functional groups attached to an aromatic ring is 1. The zero-order valence-electron chi connectivity index (χ0n) is 11.3. The van der Waals surface area contributed by atoms with E-state index in [1.165, 1.54) is 12.8 Å². The Kier molecular flexibility index (Phi) is 3.84. The third kappa shape index (κ3) is 3.21. The van der Waals surface area contributed by atoms with Gasteiger partial charge in [0, 0.05) is 14.1 Å². The maximum absolute atomic E-state index is 5.81. The average molecular weight is 251 g/mol. The summed E-state index contributed by atoms with van der Waals surface area (Å²) < 4.78 is 5.81. The summed E-state index contributed by atoms with van der Waals surface area (Å²) in [4.78, 5) is 14.1. The van der Waals surface area contributed by atoms with Gasteiger partial charge in [0.1, 0.15) is 6.10 Å². The first-order valence-electron chi connectivity index (χ1n) is 6.40. The van der Waals surface area contributed by atoms with Crippen molar-refractivity contribution in [2.24, 2.45) is 5.92 Å². The molecule has 2 rings (SSSR count). The Balaban J connectivity index is 2.04. The molecule has 18 heavy (non-hydrogen) atoms. The van der Waals surface area contributed by atoms with E-state index in [-0.39, 0.29) is 12.1 Å². The van der Waals surface area contributed by atoms with Crippen LogP contribution in [0.3, 0.4) is 0 Å². The molecule has 0 aliphatic heterocycles. The summed E-state index contributed by atoms with van der Waals surface area (Å²) in [5.41, 5.74) is 5.66. The molecule has 1 aliphatic rings. The molecule has 100 valence electrons. The van der Waals surface area contributed by atoms with E-state index in [2.05, 4.69) is 21.9 Å². The molecular formula is C12H21N5O. The summed E-state index contributed by atoms with van der Waals surface area (Å²) >= 11 is 0. The Bertz CT molecular complexity index is 401. The lowest BCUT2D eigenvalue weighted by Crippen LogP contribution is -2.24. The number of ether oxygens (including phenoxy) is 1. The van der Waals surface area contributed by atoms with Gasteiger partial charge in [-0.1, -0.05) is 6.92 Å². The molecular weight excluding hydrogens is 230 g/mol. The Labute approximate surface area is 108 Å². The molecule has 1 aliphatic carbocycles. The molecule has 0 unspecified atom stereocenters. The van der Waals surface area contributed by atoms with E-state index < -0.39 is 0 Å². The molecule has 6 heteroatoms. The molecule has 0 atom stereocenters. The van der Waals surface area contributed by atoms with Crippen molar-refractivity contribution in [3.63, 3.8) is 0 Å². The van der Waals surface area contributed by atoms with Crippen LogP contribution in [0.2, 0.25) is 0 Å². The van der Waals surface area contributed by atoms with Crippen LogP contribution in [0.4, 0.5) is 11.9 Å². The molecule has 1 fully saturated rings. The highest BCUT2D eigenvalue weighted by Gasteiger charge is 2.21. The van der Waals surface area contributed by atoms with Crippen molar-refractivity contribution in [1.82, 2.24) is 15.0 Å². The van der Waals surface area contributed by atoms with Crippen molar-refractivity contribution in [1.29, 1.82) is 0 Å². The van der Waals surface area contributed by atoms with Crippen LogP contribution >= 0.6 is 0 Å². The normalized spacial score (nSPS) is 23.7. The second-order valence-electron chi connectivity index (χ2n) is 5.17. The van der Waals surface area contributed by atoms with Crippen molar-refractivity contribution >= 4 is 11.9 Å². The maximum Gasteiger partial charge on any atom is 0.323 e.